The van der Waals surface area contributed by atoms with Gasteiger partial charge in [-0.1, -0.05) is 29.4 Å². The quantitative estimate of drug-likeness (QED) is 0.514. The third-order valence-electron chi connectivity index (χ3n) is 4.53. The summed E-state index contributed by atoms with van der Waals surface area (Å²) in [6.45, 7) is 0.336. The highest BCUT2D eigenvalue weighted by molar-refractivity contribution is 5.95. The second-order valence-corrected chi connectivity index (χ2v) is 6.51. The van der Waals surface area contributed by atoms with Crippen LogP contribution in [0.15, 0.2) is 77.3 Å². The molecule has 1 amide bonds. The molecular weight excluding hydrogens is 385 g/mol. The van der Waals surface area contributed by atoms with E-state index in [1.807, 2.05) is 24.3 Å². The molecule has 3 aromatic carbocycles. The first-order chi connectivity index (χ1) is 14.6. The molecule has 0 aliphatic rings. The number of hydrogen-bond donors (Lipinski definition) is 1. The molecule has 0 saturated heterocycles. The summed E-state index contributed by atoms with van der Waals surface area (Å²) in [5, 5.41) is 6.82. The number of carbonyl (C=O) groups is 1. The van der Waals surface area contributed by atoms with E-state index in [4.69, 9.17) is 9.26 Å². The number of methoxy groups -OCH3 is 1. The highest BCUT2D eigenvalue weighted by atomic mass is 19.1. The number of carbonyl (C=O) groups excluding carboxylic acids is 1. The van der Waals surface area contributed by atoms with Crippen molar-refractivity contribution in [1.82, 2.24) is 15.5 Å². The number of para-hydroxylation sites is 1. The normalized spacial score (nSPS) is 10.6. The van der Waals surface area contributed by atoms with E-state index in [2.05, 4.69) is 15.5 Å². The molecular formula is C23H18FN3O3. The van der Waals surface area contributed by atoms with E-state index in [0.717, 1.165) is 5.56 Å². The van der Waals surface area contributed by atoms with Gasteiger partial charge in [0.2, 0.25) is 5.82 Å². The Balaban J connectivity index is 1.50. The van der Waals surface area contributed by atoms with Gasteiger partial charge in [0.15, 0.2) is 0 Å². The van der Waals surface area contributed by atoms with Crippen molar-refractivity contribution in [2.45, 2.75) is 6.54 Å². The van der Waals surface area contributed by atoms with E-state index in [-0.39, 0.29) is 17.6 Å². The summed E-state index contributed by atoms with van der Waals surface area (Å²) in [6, 6.07) is 20.2. The van der Waals surface area contributed by atoms with Gasteiger partial charge in [0, 0.05) is 28.8 Å². The predicted octanol–water partition coefficient (Wildman–Crippen LogP) is 4.48. The minimum atomic E-state index is -0.339. The first kappa shape index (κ1) is 19.3. The van der Waals surface area contributed by atoms with Crippen molar-refractivity contribution in [3.63, 3.8) is 0 Å². The van der Waals surface area contributed by atoms with Crippen LogP contribution in [0.25, 0.3) is 22.8 Å². The summed E-state index contributed by atoms with van der Waals surface area (Å²) >= 11 is 0. The third kappa shape index (κ3) is 4.20. The van der Waals surface area contributed by atoms with Crippen molar-refractivity contribution in [2.24, 2.45) is 0 Å². The molecule has 0 unspecified atom stereocenters. The van der Waals surface area contributed by atoms with Crippen molar-refractivity contribution < 1.29 is 18.4 Å². The summed E-state index contributed by atoms with van der Waals surface area (Å²) in [5.41, 5.74) is 2.59. The van der Waals surface area contributed by atoms with Crippen molar-refractivity contribution in [1.29, 1.82) is 0 Å². The lowest BCUT2D eigenvalue weighted by molar-refractivity contribution is 0.0950. The van der Waals surface area contributed by atoms with E-state index in [0.29, 0.717) is 34.8 Å². The lowest BCUT2D eigenvalue weighted by Gasteiger charge is -2.09. The fourth-order valence-electron chi connectivity index (χ4n) is 2.98. The SMILES string of the molecule is COc1ccccc1CNC(=O)c1cccc(-c2nc(-c3ccc(F)cc3)no2)c1. The second kappa shape index (κ2) is 8.57. The fraction of sp³-hybridized carbons (Fsp3) is 0.0870. The molecule has 0 aliphatic carbocycles. The molecule has 0 radical (unpaired) electrons. The molecule has 150 valence electrons. The average molecular weight is 403 g/mol. The van der Waals surface area contributed by atoms with Crippen LogP contribution in [0.3, 0.4) is 0 Å². The maximum atomic E-state index is 13.1. The van der Waals surface area contributed by atoms with E-state index >= 15 is 0 Å². The smallest absolute Gasteiger partial charge is 0.258 e. The Morgan fingerprint density at radius 3 is 2.63 bits per heavy atom. The summed E-state index contributed by atoms with van der Waals surface area (Å²) in [5.74, 6) is 0.755. The summed E-state index contributed by atoms with van der Waals surface area (Å²) < 4.78 is 23.7. The molecule has 0 spiro atoms. The monoisotopic (exact) mass is 403 g/mol. The average Bonchev–Trinajstić information content (AvgIpc) is 3.28. The highest BCUT2D eigenvalue weighted by Crippen LogP contribution is 2.23. The number of benzene rings is 3. The van der Waals surface area contributed by atoms with E-state index < -0.39 is 0 Å². The zero-order chi connectivity index (χ0) is 20.9. The minimum absolute atomic E-state index is 0.235. The van der Waals surface area contributed by atoms with Crippen molar-refractivity contribution in [2.75, 3.05) is 7.11 Å². The van der Waals surface area contributed by atoms with Crippen LogP contribution in [0, 0.1) is 5.82 Å². The molecule has 1 N–H and O–H groups in total. The Morgan fingerprint density at radius 2 is 1.83 bits per heavy atom. The molecule has 1 aromatic heterocycles. The maximum absolute atomic E-state index is 13.1. The first-order valence-electron chi connectivity index (χ1n) is 9.24. The van der Waals surface area contributed by atoms with Gasteiger partial charge in [-0.25, -0.2) is 4.39 Å². The zero-order valence-corrected chi connectivity index (χ0v) is 16.1. The lowest BCUT2D eigenvalue weighted by atomic mass is 10.1. The number of aromatic nitrogens is 2. The Bertz CT molecular complexity index is 1170. The Labute approximate surface area is 172 Å². The Hall–Kier alpha value is -4.00. The Kier molecular flexibility index (Phi) is 5.52. The molecule has 1 heterocycles. The molecule has 30 heavy (non-hydrogen) atoms. The zero-order valence-electron chi connectivity index (χ0n) is 16.1. The Morgan fingerprint density at radius 1 is 1.03 bits per heavy atom. The van der Waals surface area contributed by atoms with E-state index in [1.165, 1.54) is 12.1 Å². The van der Waals surface area contributed by atoms with Crippen LogP contribution in [0.1, 0.15) is 15.9 Å². The summed E-state index contributed by atoms with van der Waals surface area (Å²) in [7, 11) is 1.59. The minimum Gasteiger partial charge on any atom is -0.496 e. The molecule has 4 rings (SSSR count). The summed E-state index contributed by atoms with van der Waals surface area (Å²) in [4.78, 5) is 17.0. The van der Waals surface area contributed by atoms with Crippen molar-refractivity contribution in [3.8, 4) is 28.6 Å². The standard InChI is InChI=1S/C23H18FN3O3/c1-29-20-8-3-2-5-18(20)14-25-22(28)16-6-4-7-17(13-16)23-26-21(27-30-23)15-9-11-19(24)12-10-15/h2-13H,14H2,1H3,(H,25,28). The van der Waals surface area contributed by atoms with Crippen molar-refractivity contribution in [3.05, 3.63) is 89.7 Å². The van der Waals surface area contributed by atoms with Crippen LogP contribution in [0.4, 0.5) is 4.39 Å². The van der Waals surface area contributed by atoms with Crippen LogP contribution >= 0.6 is 0 Å². The van der Waals surface area contributed by atoms with Gasteiger partial charge in [-0.05, 0) is 48.5 Å². The number of ether oxygens (including phenoxy) is 1. The molecule has 0 fully saturated rings. The molecule has 6 nitrogen and oxygen atoms in total. The van der Waals surface area contributed by atoms with Crippen LogP contribution < -0.4 is 10.1 Å². The molecule has 7 heteroatoms. The van der Waals surface area contributed by atoms with Gasteiger partial charge in [-0.3, -0.25) is 4.79 Å². The molecule has 0 aliphatic heterocycles. The van der Waals surface area contributed by atoms with Crippen LogP contribution in [0.5, 0.6) is 5.75 Å². The predicted molar refractivity (Wildman–Crippen MR) is 109 cm³/mol. The topological polar surface area (TPSA) is 77.2 Å². The molecule has 0 atom stereocenters. The highest BCUT2D eigenvalue weighted by Gasteiger charge is 2.13. The number of amides is 1. The van der Waals surface area contributed by atoms with E-state index in [9.17, 15) is 9.18 Å². The van der Waals surface area contributed by atoms with Crippen LogP contribution in [0.2, 0.25) is 0 Å². The number of nitrogens with zero attached hydrogens (tertiary/aromatic N) is 2. The van der Waals surface area contributed by atoms with Gasteiger partial charge in [0.25, 0.3) is 11.8 Å². The molecule has 0 saturated carbocycles. The van der Waals surface area contributed by atoms with Gasteiger partial charge < -0.3 is 14.6 Å². The maximum Gasteiger partial charge on any atom is 0.258 e. The van der Waals surface area contributed by atoms with Gasteiger partial charge in [0.05, 0.1) is 7.11 Å². The molecule has 0 bridgehead atoms. The lowest BCUT2D eigenvalue weighted by Crippen LogP contribution is -2.23. The summed E-state index contributed by atoms with van der Waals surface area (Å²) in [6.07, 6.45) is 0. The van der Waals surface area contributed by atoms with Gasteiger partial charge in [-0.2, -0.15) is 4.98 Å². The number of hydrogen-bond acceptors (Lipinski definition) is 5. The number of nitrogens with one attached hydrogen (secondary N) is 1. The molecule has 4 aromatic rings. The van der Waals surface area contributed by atoms with Gasteiger partial charge >= 0.3 is 0 Å². The largest absolute Gasteiger partial charge is 0.496 e. The fourth-order valence-corrected chi connectivity index (χ4v) is 2.98. The number of rotatable bonds is 6. The van der Waals surface area contributed by atoms with Crippen LogP contribution in [-0.4, -0.2) is 23.2 Å². The third-order valence-corrected chi connectivity index (χ3v) is 4.53. The van der Waals surface area contributed by atoms with Gasteiger partial charge in [-0.15, -0.1) is 0 Å². The second-order valence-electron chi connectivity index (χ2n) is 6.51. The van der Waals surface area contributed by atoms with E-state index in [1.54, 1.807) is 43.5 Å². The number of halogens is 1. The van der Waals surface area contributed by atoms with Crippen molar-refractivity contribution >= 4 is 5.91 Å². The van der Waals surface area contributed by atoms with Gasteiger partial charge in [0.1, 0.15) is 11.6 Å². The first-order valence-corrected chi connectivity index (χ1v) is 9.24. The van der Waals surface area contributed by atoms with Crippen LogP contribution in [-0.2, 0) is 6.54 Å².